The topological polar surface area (TPSA) is 102 Å². The Labute approximate surface area is 140 Å². The maximum absolute atomic E-state index is 12.4. The molecule has 1 aliphatic heterocycles. The van der Waals surface area contributed by atoms with Gasteiger partial charge in [0.05, 0.1) is 25.9 Å². The number of carbonyl (C=O) groups excluding carboxylic acids is 1. The van der Waals surface area contributed by atoms with Crippen molar-refractivity contribution < 1.29 is 9.53 Å². The van der Waals surface area contributed by atoms with Gasteiger partial charge in [-0.2, -0.15) is 5.10 Å². The molecule has 9 heteroatoms. The number of hydrogen-bond acceptors (Lipinski definition) is 6. The molecule has 1 atom stereocenters. The van der Waals surface area contributed by atoms with Crippen molar-refractivity contribution in [2.45, 2.75) is 45.3 Å². The van der Waals surface area contributed by atoms with Crippen molar-refractivity contribution in [1.82, 2.24) is 35.1 Å². The number of aryl methyl sites for hydroxylation is 1. The molecule has 1 fully saturated rings. The summed E-state index contributed by atoms with van der Waals surface area (Å²) in [5.41, 5.74) is -0.128. The highest BCUT2D eigenvalue weighted by molar-refractivity contribution is 5.76. The lowest BCUT2D eigenvalue weighted by atomic mass is 9.96. The van der Waals surface area contributed by atoms with Crippen LogP contribution in [0.5, 0.6) is 0 Å². The summed E-state index contributed by atoms with van der Waals surface area (Å²) in [6, 6.07) is 0. The molecule has 24 heavy (non-hydrogen) atoms. The number of aromatic nitrogens is 6. The fourth-order valence-corrected chi connectivity index (χ4v) is 2.52. The van der Waals surface area contributed by atoms with Gasteiger partial charge in [0.2, 0.25) is 5.91 Å². The molecule has 3 rings (SSSR count). The third kappa shape index (κ3) is 3.78. The average molecular weight is 333 g/mol. The molecule has 0 radical (unpaired) electrons. The van der Waals surface area contributed by atoms with Gasteiger partial charge in [-0.05, 0) is 0 Å². The van der Waals surface area contributed by atoms with E-state index < -0.39 is 0 Å². The first-order valence-electron chi connectivity index (χ1n) is 8.10. The summed E-state index contributed by atoms with van der Waals surface area (Å²) >= 11 is 0. The highest BCUT2D eigenvalue weighted by atomic mass is 16.5. The van der Waals surface area contributed by atoms with Crippen molar-refractivity contribution in [1.29, 1.82) is 0 Å². The lowest BCUT2D eigenvalue weighted by Gasteiger charge is -2.32. The Bertz CT molecular complexity index is 674. The molecule has 1 N–H and O–H groups in total. The second-order valence-corrected chi connectivity index (χ2v) is 6.91. The Kier molecular flexibility index (Phi) is 4.61. The SMILES string of the molecule is CC(C)(C)c1n[nH]c([C@H]2CN(C(=O)CCn3ccnn3)CCO2)n1. The van der Waals surface area contributed by atoms with Crippen LogP contribution in [0, 0.1) is 0 Å². The van der Waals surface area contributed by atoms with Crippen LogP contribution in [0.4, 0.5) is 0 Å². The Morgan fingerprint density at radius 2 is 2.29 bits per heavy atom. The second kappa shape index (κ2) is 6.68. The van der Waals surface area contributed by atoms with Gasteiger partial charge >= 0.3 is 0 Å². The van der Waals surface area contributed by atoms with Crippen LogP contribution in [0.2, 0.25) is 0 Å². The molecule has 1 amide bonds. The molecule has 3 heterocycles. The van der Waals surface area contributed by atoms with Crippen LogP contribution in [0.25, 0.3) is 0 Å². The molecular weight excluding hydrogens is 310 g/mol. The quantitative estimate of drug-likeness (QED) is 0.883. The predicted octanol–water partition coefficient (Wildman–Crippen LogP) is 0.684. The van der Waals surface area contributed by atoms with Crippen molar-refractivity contribution in [2.75, 3.05) is 19.7 Å². The number of amides is 1. The molecule has 1 aliphatic rings. The van der Waals surface area contributed by atoms with Gasteiger partial charge in [0.1, 0.15) is 6.10 Å². The zero-order valence-corrected chi connectivity index (χ0v) is 14.3. The minimum absolute atomic E-state index is 0.0781. The predicted molar refractivity (Wildman–Crippen MR) is 85.0 cm³/mol. The largest absolute Gasteiger partial charge is 0.367 e. The van der Waals surface area contributed by atoms with E-state index in [4.69, 9.17) is 4.74 Å². The van der Waals surface area contributed by atoms with E-state index in [1.165, 1.54) is 0 Å². The molecule has 0 unspecified atom stereocenters. The second-order valence-electron chi connectivity index (χ2n) is 6.91. The molecule has 0 aromatic carbocycles. The number of H-pyrrole nitrogens is 1. The van der Waals surface area contributed by atoms with Gasteiger partial charge < -0.3 is 9.64 Å². The van der Waals surface area contributed by atoms with E-state index >= 15 is 0 Å². The van der Waals surface area contributed by atoms with E-state index in [2.05, 4.69) is 46.3 Å². The van der Waals surface area contributed by atoms with E-state index in [1.54, 1.807) is 17.1 Å². The van der Waals surface area contributed by atoms with Crippen LogP contribution >= 0.6 is 0 Å². The average Bonchev–Trinajstić information content (AvgIpc) is 3.23. The fraction of sp³-hybridized carbons (Fsp3) is 0.667. The number of hydrogen-bond donors (Lipinski definition) is 1. The van der Waals surface area contributed by atoms with E-state index in [0.717, 1.165) is 5.82 Å². The number of morpholine rings is 1. The Morgan fingerprint density at radius 1 is 1.46 bits per heavy atom. The molecule has 9 nitrogen and oxygen atoms in total. The third-order valence-corrected chi connectivity index (χ3v) is 3.92. The first-order chi connectivity index (χ1) is 11.4. The maximum atomic E-state index is 12.4. The van der Waals surface area contributed by atoms with Crippen LogP contribution in [0.15, 0.2) is 12.4 Å². The van der Waals surface area contributed by atoms with Crippen LogP contribution < -0.4 is 0 Å². The van der Waals surface area contributed by atoms with Gasteiger partial charge in [0.25, 0.3) is 0 Å². The van der Waals surface area contributed by atoms with Gasteiger partial charge in [-0.3, -0.25) is 14.6 Å². The van der Waals surface area contributed by atoms with E-state index in [-0.39, 0.29) is 17.4 Å². The van der Waals surface area contributed by atoms with Crippen molar-refractivity contribution in [3.63, 3.8) is 0 Å². The maximum Gasteiger partial charge on any atom is 0.224 e. The van der Waals surface area contributed by atoms with Crippen LogP contribution in [-0.4, -0.2) is 60.7 Å². The van der Waals surface area contributed by atoms with Crippen LogP contribution in [0.3, 0.4) is 0 Å². The molecule has 0 aliphatic carbocycles. The molecule has 2 aromatic rings. The summed E-state index contributed by atoms with van der Waals surface area (Å²) in [4.78, 5) is 18.7. The van der Waals surface area contributed by atoms with Crippen molar-refractivity contribution in [2.24, 2.45) is 0 Å². The summed E-state index contributed by atoms with van der Waals surface area (Å²) in [5, 5.41) is 14.8. The molecule has 130 valence electrons. The standard InChI is InChI=1S/C15H23N7O2/c1-15(2,3)14-17-13(18-19-14)11-10-21(8-9-24-11)12(23)4-6-22-7-5-16-20-22/h5,7,11H,4,6,8-10H2,1-3H3,(H,17,18,19)/t11-/m1/s1. The molecule has 0 spiro atoms. The van der Waals surface area contributed by atoms with E-state index in [1.807, 2.05) is 4.90 Å². The van der Waals surface area contributed by atoms with Gasteiger partial charge in [-0.1, -0.05) is 26.0 Å². The monoisotopic (exact) mass is 333 g/mol. The van der Waals surface area contributed by atoms with E-state index in [9.17, 15) is 4.79 Å². The summed E-state index contributed by atoms with van der Waals surface area (Å²) < 4.78 is 7.42. The van der Waals surface area contributed by atoms with Crippen LogP contribution in [0.1, 0.15) is 44.9 Å². The lowest BCUT2D eigenvalue weighted by Crippen LogP contribution is -2.42. The first kappa shape index (κ1) is 16.6. The van der Waals surface area contributed by atoms with Gasteiger partial charge in [-0.25, -0.2) is 4.98 Å². The number of carbonyl (C=O) groups is 1. The first-order valence-corrected chi connectivity index (χ1v) is 8.10. The third-order valence-electron chi connectivity index (χ3n) is 3.92. The highest BCUT2D eigenvalue weighted by Gasteiger charge is 2.29. The number of nitrogens with one attached hydrogen (secondary N) is 1. The summed E-state index contributed by atoms with van der Waals surface area (Å²) in [5.74, 6) is 1.50. The summed E-state index contributed by atoms with van der Waals surface area (Å²) in [7, 11) is 0. The molecule has 1 saturated heterocycles. The zero-order valence-electron chi connectivity index (χ0n) is 14.3. The lowest BCUT2D eigenvalue weighted by molar-refractivity contribution is -0.139. The summed E-state index contributed by atoms with van der Waals surface area (Å²) in [6.07, 6.45) is 3.47. The molecule has 0 bridgehead atoms. The highest BCUT2D eigenvalue weighted by Crippen LogP contribution is 2.23. The van der Waals surface area contributed by atoms with Crippen molar-refractivity contribution in [3.05, 3.63) is 24.0 Å². The minimum Gasteiger partial charge on any atom is -0.367 e. The van der Waals surface area contributed by atoms with Gasteiger partial charge in [-0.15, -0.1) is 5.10 Å². The molecule has 0 saturated carbocycles. The number of rotatable bonds is 4. The number of ether oxygens (including phenoxy) is 1. The fourth-order valence-electron chi connectivity index (χ4n) is 2.52. The van der Waals surface area contributed by atoms with Crippen molar-refractivity contribution >= 4 is 5.91 Å². The zero-order chi connectivity index (χ0) is 17.2. The van der Waals surface area contributed by atoms with Gasteiger partial charge in [0, 0.05) is 24.6 Å². The molecular formula is C15H23N7O2. The summed E-state index contributed by atoms with van der Waals surface area (Å²) in [6.45, 7) is 8.26. The number of aromatic amines is 1. The Morgan fingerprint density at radius 3 is 2.96 bits per heavy atom. The van der Waals surface area contributed by atoms with Crippen LogP contribution in [-0.2, 0) is 21.5 Å². The Balaban J connectivity index is 1.59. The smallest absolute Gasteiger partial charge is 0.224 e. The molecule has 2 aromatic heterocycles. The number of nitrogens with zero attached hydrogens (tertiary/aromatic N) is 6. The van der Waals surface area contributed by atoms with Gasteiger partial charge in [0.15, 0.2) is 11.6 Å². The van der Waals surface area contributed by atoms with E-state index in [0.29, 0.717) is 38.5 Å². The Hall–Kier alpha value is -2.29. The minimum atomic E-state index is -0.266. The van der Waals surface area contributed by atoms with Crippen molar-refractivity contribution in [3.8, 4) is 0 Å². The normalized spacial score (nSPS) is 18.8.